The van der Waals surface area contributed by atoms with Gasteiger partial charge in [0, 0.05) is 37.0 Å². The third-order valence-electron chi connectivity index (χ3n) is 4.43. The second-order valence-corrected chi connectivity index (χ2v) is 6.77. The largest absolute Gasteiger partial charge is 0.378 e. The lowest BCUT2D eigenvalue weighted by Crippen LogP contribution is -2.18. The van der Waals surface area contributed by atoms with Crippen LogP contribution in [0.25, 0.3) is 11.1 Å². The molecule has 0 atom stereocenters. The smallest absolute Gasteiger partial charge is 0.277 e. The van der Waals surface area contributed by atoms with E-state index in [-0.39, 0.29) is 5.69 Å². The van der Waals surface area contributed by atoms with Crippen LogP contribution in [0, 0.1) is 13.8 Å². The Labute approximate surface area is 163 Å². The maximum atomic E-state index is 12.7. The second-order valence-electron chi connectivity index (χ2n) is 6.77. The minimum absolute atomic E-state index is 0.161. The fourth-order valence-electron chi connectivity index (χ4n) is 2.96. The number of nitrogens with zero attached hydrogens (tertiary/aromatic N) is 2. The Morgan fingerprint density at radius 2 is 1.86 bits per heavy atom. The molecule has 0 unspecified atom stereocenters. The van der Waals surface area contributed by atoms with Crippen molar-refractivity contribution in [2.24, 2.45) is 5.73 Å². The van der Waals surface area contributed by atoms with Gasteiger partial charge in [-0.1, -0.05) is 23.4 Å². The molecule has 0 spiro atoms. The van der Waals surface area contributed by atoms with Gasteiger partial charge in [0.15, 0.2) is 5.69 Å². The van der Waals surface area contributed by atoms with Gasteiger partial charge in [-0.3, -0.25) is 9.59 Å². The third kappa shape index (κ3) is 3.73. The molecule has 144 valence electrons. The van der Waals surface area contributed by atoms with E-state index < -0.39 is 11.8 Å². The standard InChI is InChI=1S/C21H22N4O3/c1-12-8-9-16(20(22)26)18(14-6-5-7-15(11-14)25(3)4)19(12)23-21(27)17-10-13(2)28-24-17/h5-11H,1-4H3,(H2,22,26)(H,23,27). The molecule has 3 rings (SSSR count). The number of amides is 2. The van der Waals surface area contributed by atoms with Crippen LogP contribution in [-0.4, -0.2) is 31.1 Å². The molecule has 0 saturated heterocycles. The van der Waals surface area contributed by atoms with Gasteiger partial charge in [0.1, 0.15) is 5.76 Å². The maximum absolute atomic E-state index is 12.7. The highest BCUT2D eigenvalue weighted by molar-refractivity contribution is 6.10. The molecule has 0 radical (unpaired) electrons. The van der Waals surface area contributed by atoms with Crippen LogP contribution in [0.1, 0.15) is 32.2 Å². The number of nitrogens with two attached hydrogens (primary N) is 1. The van der Waals surface area contributed by atoms with Gasteiger partial charge in [0.25, 0.3) is 5.91 Å². The summed E-state index contributed by atoms with van der Waals surface area (Å²) in [5.74, 6) is -0.462. The van der Waals surface area contributed by atoms with Gasteiger partial charge in [-0.05, 0) is 43.2 Å². The summed E-state index contributed by atoms with van der Waals surface area (Å²) in [6.07, 6.45) is 0. The lowest BCUT2D eigenvalue weighted by atomic mass is 9.94. The molecule has 0 bridgehead atoms. The molecule has 0 aliphatic carbocycles. The molecule has 7 heteroatoms. The molecule has 28 heavy (non-hydrogen) atoms. The van der Waals surface area contributed by atoms with E-state index >= 15 is 0 Å². The summed E-state index contributed by atoms with van der Waals surface area (Å²) in [4.78, 5) is 26.7. The Kier molecular flexibility index (Phi) is 5.17. The SMILES string of the molecule is Cc1cc(C(=O)Nc2c(C)ccc(C(N)=O)c2-c2cccc(N(C)C)c2)no1. The molecule has 3 N–H and O–H groups in total. The molecule has 0 aliphatic heterocycles. The number of anilines is 2. The topological polar surface area (TPSA) is 101 Å². The van der Waals surface area contributed by atoms with Crippen LogP contribution in [0.4, 0.5) is 11.4 Å². The predicted octanol–water partition coefficient (Wildman–Crippen LogP) is 3.38. The van der Waals surface area contributed by atoms with Gasteiger partial charge in [-0.25, -0.2) is 0 Å². The van der Waals surface area contributed by atoms with Gasteiger partial charge in [0.05, 0.1) is 5.69 Å². The summed E-state index contributed by atoms with van der Waals surface area (Å²) in [5.41, 5.74) is 9.72. The Hall–Kier alpha value is -3.61. The van der Waals surface area contributed by atoms with Gasteiger partial charge in [-0.2, -0.15) is 0 Å². The number of aromatic nitrogens is 1. The number of aryl methyl sites for hydroxylation is 2. The Bertz CT molecular complexity index is 1050. The Balaban J connectivity index is 2.16. The summed E-state index contributed by atoms with van der Waals surface area (Å²) in [6.45, 7) is 3.56. The van der Waals surface area contributed by atoms with Gasteiger partial charge in [-0.15, -0.1) is 0 Å². The lowest BCUT2D eigenvalue weighted by Gasteiger charge is -2.19. The van der Waals surface area contributed by atoms with E-state index in [9.17, 15) is 9.59 Å². The number of hydrogen-bond donors (Lipinski definition) is 2. The predicted molar refractivity (Wildman–Crippen MR) is 109 cm³/mol. The summed E-state index contributed by atoms with van der Waals surface area (Å²) < 4.78 is 4.98. The first-order valence-corrected chi connectivity index (χ1v) is 8.73. The van der Waals surface area contributed by atoms with Crippen LogP contribution in [0.3, 0.4) is 0 Å². The Morgan fingerprint density at radius 3 is 2.46 bits per heavy atom. The zero-order chi connectivity index (χ0) is 20.4. The maximum Gasteiger partial charge on any atom is 0.277 e. The average molecular weight is 378 g/mol. The first-order chi connectivity index (χ1) is 13.3. The summed E-state index contributed by atoms with van der Waals surface area (Å²) in [5, 5.41) is 6.62. The van der Waals surface area contributed by atoms with Crippen molar-refractivity contribution in [1.82, 2.24) is 5.16 Å². The highest BCUT2D eigenvalue weighted by atomic mass is 16.5. The van der Waals surface area contributed by atoms with E-state index in [2.05, 4.69) is 10.5 Å². The fraction of sp³-hybridized carbons (Fsp3) is 0.190. The van der Waals surface area contributed by atoms with E-state index in [0.29, 0.717) is 22.6 Å². The Morgan fingerprint density at radius 1 is 1.11 bits per heavy atom. The molecular weight excluding hydrogens is 356 g/mol. The molecule has 2 aromatic carbocycles. The van der Waals surface area contributed by atoms with Crippen LogP contribution in [0.15, 0.2) is 47.0 Å². The number of benzene rings is 2. The summed E-state index contributed by atoms with van der Waals surface area (Å²) in [6, 6.07) is 12.6. The number of primary amides is 1. The van der Waals surface area contributed by atoms with Crippen molar-refractivity contribution in [1.29, 1.82) is 0 Å². The normalized spacial score (nSPS) is 10.6. The average Bonchev–Trinajstić information content (AvgIpc) is 3.09. The molecule has 1 heterocycles. The van der Waals surface area contributed by atoms with Crippen molar-refractivity contribution >= 4 is 23.2 Å². The van der Waals surface area contributed by atoms with Crippen molar-refractivity contribution in [3.05, 3.63) is 65.0 Å². The van der Waals surface area contributed by atoms with Gasteiger partial charge >= 0.3 is 0 Å². The number of rotatable bonds is 5. The highest BCUT2D eigenvalue weighted by Crippen LogP contribution is 2.36. The molecule has 1 aromatic heterocycles. The minimum atomic E-state index is -0.571. The third-order valence-corrected chi connectivity index (χ3v) is 4.43. The second kappa shape index (κ2) is 7.56. The van der Waals surface area contributed by atoms with Crippen molar-refractivity contribution < 1.29 is 14.1 Å². The van der Waals surface area contributed by atoms with Crippen molar-refractivity contribution in [3.63, 3.8) is 0 Å². The minimum Gasteiger partial charge on any atom is -0.378 e. The first kappa shape index (κ1) is 19.2. The number of hydrogen-bond acceptors (Lipinski definition) is 5. The molecular formula is C21H22N4O3. The van der Waals surface area contributed by atoms with Crippen LogP contribution in [-0.2, 0) is 0 Å². The fourth-order valence-corrected chi connectivity index (χ4v) is 2.96. The van der Waals surface area contributed by atoms with E-state index in [0.717, 1.165) is 16.8 Å². The van der Waals surface area contributed by atoms with E-state index in [4.69, 9.17) is 10.3 Å². The van der Waals surface area contributed by atoms with Crippen molar-refractivity contribution in [2.75, 3.05) is 24.3 Å². The number of nitrogens with one attached hydrogen (secondary N) is 1. The summed E-state index contributed by atoms with van der Waals surface area (Å²) in [7, 11) is 3.86. The molecule has 3 aromatic rings. The van der Waals surface area contributed by atoms with E-state index in [1.165, 1.54) is 0 Å². The van der Waals surface area contributed by atoms with Crippen LogP contribution < -0.4 is 16.0 Å². The monoisotopic (exact) mass is 378 g/mol. The zero-order valence-corrected chi connectivity index (χ0v) is 16.2. The molecule has 0 saturated carbocycles. The lowest BCUT2D eigenvalue weighted by molar-refractivity contribution is 0.0995. The molecule has 0 fully saturated rings. The highest BCUT2D eigenvalue weighted by Gasteiger charge is 2.20. The van der Waals surface area contributed by atoms with E-state index in [1.54, 1.807) is 25.1 Å². The van der Waals surface area contributed by atoms with Crippen molar-refractivity contribution in [2.45, 2.75) is 13.8 Å². The first-order valence-electron chi connectivity index (χ1n) is 8.73. The number of carbonyl (C=O) groups is 2. The van der Waals surface area contributed by atoms with Crippen LogP contribution in [0.2, 0.25) is 0 Å². The quantitative estimate of drug-likeness (QED) is 0.709. The molecule has 0 aliphatic rings. The van der Waals surface area contributed by atoms with Crippen LogP contribution in [0.5, 0.6) is 0 Å². The number of carbonyl (C=O) groups excluding carboxylic acids is 2. The molecule has 7 nitrogen and oxygen atoms in total. The van der Waals surface area contributed by atoms with Crippen LogP contribution >= 0.6 is 0 Å². The van der Waals surface area contributed by atoms with E-state index in [1.807, 2.05) is 50.2 Å². The molecule has 2 amide bonds. The summed E-state index contributed by atoms with van der Waals surface area (Å²) >= 11 is 0. The van der Waals surface area contributed by atoms with Crippen molar-refractivity contribution in [3.8, 4) is 11.1 Å². The zero-order valence-electron chi connectivity index (χ0n) is 16.2. The van der Waals surface area contributed by atoms with Gasteiger partial charge in [0.2, 0.25) is 5.91 Å². The van der Waals surface area contributed by atoms with Gasteiger partial charge < -0.3 is 20.5 Å².